The van der Waals surface area contributed by atoms with Gasteiger partial charge in [-0.25, -0.2) is 4.79 Å². The van der Waals surface area contributed by atoms with Crippen molar-refractivity contribution in [2.24, 2.45) is 0 Å². The van der Waals surface area contributed by atoms with Crippen molar-refractivity contribution in [1.82, 2.24) is 4.98 Å². The predicted octanol–water partition coefficient (Wildman–Crippen LogP) is 4.30. The Kier molecular flexibility index (Phi) is 4.49. The lowest BCUT2D eigenvalue weighted by Crippen LogP contribution is -2.13. The van der Waals surface area contributed by atoms with Crippen molar-refractivity contribution in [3.63, 3.8) is 0 Å². The second kappa shape index (κ2) is 6.64. The Morgan fingerprint density at radius 3 is 2.74 bits per heavy atom. The van der Waals surface area contributed by atoms with Crippen LogP contribution in [0.15, 0.2) is 34.9 Å². The highest BCUT2D eigenvalue weighted by Crippen LogP contribution is 2.35. The van der Waals surface area contributed by atoms with Gasteiger partial charge in [0.2, 0.25) is 0 Å². The SMILES string of the molecule is Cc1oc2ccc(OCc3cccnc3C(F)(F)F)c(C#N)c2c1C(=O)O. The topological polar surface area (TPSA) is 96.4 Å². The number of benzene rings is 1. The number of rotatable bonds is 4. The third kappa shape index (κ3) is 3.29. The van der Waals surface area contributed by atoms with Gasteiger partial charge in [0.25, 0.3) is 0 Å². The van der Waals surface area contributed by atoms with E-state index in [1.54, 1.807) is 0 Å². The van der Waals surface area contributed by atoms with Crippen LogP contribution in [0.25, 0.3) is 11.0 Å². The third-order valence-electron chi connectivity index (χ3n) is 3.86. The summed E-state index contributed by atoms with van der Waals surface area (Å²) in [5.74, 6) is -1.23. The lowest BCUT2D eigenvalue weighted by atomic mass is 10.0. The number of carbonyl (C=O) groups is 1. The maximum Gasteiger partial charge on any atom is 0.433 e. The fourth-order valence-corrected chi connectivity index (χ4v) is 2.74. The molecule has 0 unspecified atom stereocenters. The second-order valence-corrected chi connectivity index (χ2v) is 5.56. The summed E-state index contributed by atoms with van der Waals surface area (Å²) in [7, 11) is 0. The summed E-state index contributed by atoms with van der Waals surface area (Å²) < 4.78 is 49.8. The van der Waals surface area contributed by atoms with Gasteiger partial charge in [-0.15, -0.1) is 0 Å². The Hall–Kier alpha value is -3.54. The molecule has 0 spiro atoms. The number of carboxylic acid groups (broad SMARTS) is 1. The van der Waals surface area contributed by atoms with Crippen LogP contribution >= 0.6 is 0 Å². The molecule has 0 saturated heterocycles. The van der Waals surface area contributed by atoms with E-state index in [9.17, 15) is 28.3 Å². The highest BCUT2D eigenvalue weighted by Gasteiger charge is 2.35. The molecule has 0 fully saturated rings. The third-order valence-corrected chi connectivity index (χ3v) is 3.86. The molecule has 3 rings (SSSR count). The van der Waals surface area contributed by atoms with Gasteiger partial charge in [-0.1, -0.05) is 6.07 Å². The zero-order valence-electron chi connectivity index (χ0n) is 13.8. The van der Waals surface area contributed by atoms with Crippen LogP contribution in [-0.2, 0) is 12.8 Å². The molecule has 6 nitrogen and oxygen atoms in total. The van der Waals surface area contributed by atoms with E-state index in [0.717, 1.165) is 6.20 Å². The van der Waals surface area contributed by atoms with Crippen molar-refractivity contribution in [1.29, 1.82) is 5.26 Å². The number of fused-ring (bicyclic) bond motifs is 1. The van der Waals surface area contributed by atoms with Gasteiger partial charge in [0.1, 0.15) is 40.9 Å². The molecule has 1 aromatic carbocycles. The van der Waals surface area contributed by atoms with Gasteiger partial charge in [0, 0.05) is 11.8 Å². The normalized spacial score (nSPS) is 11.4. The van der Waals surface area contributed by atoms with E-state index in [0.29, 0.717) is 0 Å². The first-order chi connectivity index (χ1) is 12.7. The smallest absolute Gasteiger partial charge is 0.433 e. The van der Waals surface area contributed by atoms with Crippen LogP contribution in [0.2, 0.25) is 0 Å². The molecule has 3 aromatic rings. The average Bonchev–Trinajstić information content (AvgIpc) is 2.95. The molecule has 0 aliphatic carbocycles. The monoisotopic (exact) mass is 376 g/mol. The molecule has 2 aromatic heterocycles. The van der Waals surface area contributed by atoms with Gasteiger partial charge >= 0.3 is 12.1 Å². The number of hydrogen-bond acceptors (Lipinski definition) is 5. The van der Waals surface area contributed by atoms with Crippen molar-refractivity contribution in [2.45, 2.75) is 19.7 Å². The zero-order valence-corrected chi connectivity index (χ0v) is 13.8. The number of pyridine rings is 1. The maximum atomic E-state index is 13.0. The van der Waals surface area contributed by atoms with E-state index < -0.39 is 24.4 Å². The number of nitrogens with zero attached hydrogens (tertiary/aromatic N) is 2. The molecule has 2 heterocycles. The number of hydrogen-bond donors (Lipinski definition) is 1. The number of ether oxygens (including phenoxy) is 1. The van der Waals surface area contributed by atoms with Gasteiger partial charge in [-0.2, -0.15) is 18.4 Å². The minimum atomic E-state index is -4.65. The van der Waals surface area contributed by atoms with Gasteiger partial charge in [-0.3, -0.25) is 4.98 Å². The van der Waals surface area contributed by atoms with E-state index in [4.69, 9.17) is 9.15 Å². The molecular formula is C18H11F3N2O4. The Labute approximate surface area is 150 Å². The number of carboxylic acids is 1. The molecule has 27 heavy (non-hydrogen) atoms. The number of halogens is 3. The Morgan fingerprint density at radius 1 is 1.37 bits per heavy atom. The van der Waals surface area contributed by atoms with Crippen LogP contribution in [0.3, 0.4) is 0 Å². The molecular weight excluding hydrogens is 365 g/mol. The van der Waals surface area contributed by atoms with E-state index in [1.165, 1.54) is 31.2 Å². The van der Waals surface area contributed by atoms with Crippen molar-refractivity contribution >= 4 is 16.9 Å². The van der Waals surface area contributed by atoms with Crippen molar-refractivity contribution < 1.29 is 32.2 Å². The first-order valence-corrected chi connectivity index (χ1v) is 7.57. The van der Waals surface area contributed by atoms with Crippen molar-refractivity contribution in [3.8, 4) is 11.8 Å². The van der Waals surface area contributed by atoms with E-state index in [1.807, 2.05) is 6.07 Å². The first-order valence-electron chi connectivity index (χ1n) is 7.57. The van der Waals surface area contributed by atoms with E-state index in [2.05, 4.69) is 4.98 Å². The molecule has 0 atom stereocenters. The van der Waals surface area contributed by atoms with E-state index in [-0.39, 0.29) is 39.2 Å². The summed E-state index contributed by atoms with van der Waals surface area (Å²) in [4.78, 5) is 14.8. The Balaban J connectivity index is 2.04. The molecule has 0 aliphatic rings. The Bertz CT molecular complexity index is 1080. The summed E-state index contributed by atoms with van der Waals surface area (Å²) in [6.07, 6.45) is -3.63. The Morgan fingerprint density at radius 2 is 2.11 bits per heavy atom. The van der Waals surface area contributed by atoms with Gasteiger partial charge < -0.3 is 14.3 Å². The lowest BCUT2D eigenvalue weighted by Gasteiger charge is -2.13. The highest BCUT2D eigenvalue weighted by molar-refractivity contribution is 6.06. The fraction of sp³-hybridized carbons (Fsp3) is 0.167. The van der Waals surface area contributed by atoms with Crippen molar-refractivity contribution in [2.75, 3.05) is 0 Å². The van der Waals surface area contributed by atoms with Crippen LogP contribution < -0.4 is 4.74 Å². The van der Waals surface area contributed by atoms with Crippen LogP contribution in [0.4, 0.5) is 13.2 Å². The molecule has 1 N–H and O–H groups in total. The van der Waals surface area contributed by atoms with E-state index >= 15 is 0 Å². The zero-order chi connectivity index (χ0) is 19.8. The first kappa shape index (κ1) is 18.3. The molecule has 0 radical (unpaired) electrons. The number of furan rings is 1. The number of alkyl halides is 3. The number of aryl methyl sites for hydroxylation is 1. The molecule has 138 valence electrons. The molecule has 9 heteroatoms. The highest BCUT2D eigenvalue weighted by atomic mass is 19.4. The van der Waals surface area contributed by atoms with Gasteiger partial charge in [0.05, 0.1) is 5.39 Å². The lowest BCUT2D eigenvalue weighted by molar-refractivity contribution is -0.142. The minimum absolute atomic E-state index is 0.0437. The summed E-state index contributed by atoms with van der Waals surface area (Å²) in [5.41, 5.74) is -1.44. The molecule has 0 amide bonds. The van der Waals surface area contributed by atoms with Crippen LogP contribution in [0.5, 0.6) is 5.75 Å². The summed E-state index contributed by atoms with van der Waals surface area (Å²) in [5, 5.41) is 18.9. The fourth-order valence-electron chi connectivity index (χ4n) is 2.74. The number of aromatic nitrogens is 1. The maximum absolute atomic E-state index is 13.0. The largest absolute Gasteiger partial charge is 0.487 e. The predicted molar refractivity (Wildman–Crippen MR) is 86.2 cm³/mol. The molecule has 0 aliphatic heterocycles. The molecule has 0 saturated carbocycles. The van der Waals surface area contributed by atoms with Crippen molar-refractivity contribution in [3.05, 3.63) is 58.6 Å². The van der Waals surface area contributed by atoms with Gasteiger partial charge in [-0.05, 0) is 25.1 Å². The number of aromatic carboxylic acids is 1. The summed E-state index contributed by atoms with van der Waals surface area (Å²) >= 11 is 0. The molecule has 0 bridgehead atoms. The summed E-state index contributed by atoms with van der Waals surface area (Å²) in [6, 6.07) is 7.14. The quantitative estimate of drug-likeness (QED) is 0.729. The minimum Gasteiger partial charge on any atom is -0.487 e. The average molecular weight is 376 g/mol. The standard InChI is InChI=1S/C18H11F3N2O4/c1-9-14(17(24)25)15-11(7-22)12(4-5-13(15)27-9)26-8-10-3-2-6-23-16(10)18(19,20)21/h2-6H,8H2,1H3,(H,24,25). The van der Waals surface area contributed by atoms with Crippen LogP contribution in [0.1, 0.15) is 32.9 Å². The van der Waals surface area contributed by atoms with Crippen LogP contribution in [0, 0.1) is 18.3 Å². The van der Waals surface area contributed by atoms with Gasteiger partial charge in [0.15, 0.2) is 5.69 Å². The summed E-state index contributed by atoms with van der Waals surface area (Å²) in [6.45, 7) is 0.943. The van der Waals surface area contributed by atoms with Crippen LogP contribution in [-0.4, -0.2) is 16.1 Å². The number of nitriles is 1. The second-order valence-electron chi connectivity index (χ2n) is 5.56.